The first-order valence-electron chi connectivity index (χ1n) is 13.3. The number of methoxy groups -OCH3 is 1. The van der Waals surface area contributed by atoms with E-state index in [4.69, 9.17) is 14.2 Å². The number of esters is 1. The Morgan fingerprint density at radius 2 is 1.79 bits per heavy atom. The van der Waals surface area contributed by atoms with Crippen LogP contribution < -0.4 is 14.2 Å². The summed E-state index contributed by atoms with van der Waals surface area (Å²) in [7, 11) is -2.61. The molecule has 12 heteroatoms. The maximum Gasteiger partial charge on any atom is 0.573 e. The number of ether oxygens (including phenoxy) is 4. The first-order valence-corrected chi connectivity index (χ1v) is 14.7. The monoisotopic (exact) mass is 607 g/mol. The Kier molecular flexibility index (Phi) is 9.37. The zero-order chi connectivity index (χ0) is 30.7. The normalized spacial score (nSPS) is 17.4. The van der Waals surface area contributed by atoms with Crippen LogP contribution in [0.25, 0.3) is 0 Å². The second kappa shape index (κ2) is 12.6. The minimum atomic E-state index is -4.94. The Balaban J connectivity index is 1.76. The average molecular weight is 608 g/mol. The van der Waals surface area contributed by atoms with Crippen LogP contribution in [-0.2, 0) is 26.1 Å². The van der Waals surface area contributed by atoms with Gasteiger partial charge >= 0.3 is 12.3 Å². The van der Waals surface area contributed by atoms with Gasteiger partial charge in [0.05, 0.1) is 26.7 Å². The molecule has 0 spiro atoms. The Morgan fingerprint density at radius 3 is 2.48 bits per heavy atom. The van der Waals surface area contributed by atoms with Crippen molar-refractivity contribution in [1.29, 1.82) is 0 Å². The van der Waals surface area contributed by atoms with E-state index in [9.17, 15) is 26.4 Å². The molecule has 0 bridgehead atoms. The van der Waals surface area contributed by atoms with Gasteiger partial charge < -0.3 is 18.9 Å². The van der Waals surface area contributed by atoms with Gasteiger partial charge in [0.25, 0.3) is 0 Å². The standard InChI is InChI=1S/C30H32F3NO7S/c1-5-39-29(35)16-26(22-13-24(38-4)15-25(14-22)41-30(31,32)33)21-11-10-19(2)23(12-21)18-34-17-20(3)40-27-8-6-7-9-28(27)42(34,36)37/h6-15,20,26H,5,16-18H2,1-4H3/t20-,26?/m1/s1. The third-order valence-corrected chi connectivity index (χ3v) is 8.68. The molecule has 1 aliphatic heterocycles. The number of aryl methyl sites for hydroxylation is 1. The summed E-state index contributed by atoms with van der Waals surface area (Å²) in [5.41, 5.74) is 2.36. The molecular weight excluding hydrogens is 575 g/mol. The molecule has 4 rings (SSSR count). The van der Waals surface area contributed by atoms with Gasteiger partial charge in [-0.25, -0.2) is 8.42 Å². The van der Waals surface area contributed by atoms with Gasteiger partial charge in [-0.05, 0) is 67.3 Å². The summed E-state index contributed by atoms with van der Waals surface area (Å²) in [4.78, 5) is 12.7. The zero-order valence-electron chi connectivity index (χ0n) is 23.6. The number of carbonyl (C=O) groups excluding carboxylic acids is 1. The molecule has 0 saturated carbocycles. The lowest BCUT2D eigenvalue weighted by atomic mass is 9.86. The molecule has 3 aromatic rings. The highest BCUT2D eigenvalue weighted by atomic mass is 32.2. The summed E-state index contributed by atoms with van der Waals surface area (Å²) in [5.74, 6) is -1.42. The first-order chi connectivity index (χ1) is 19.8. The number of fused-ring (bicyclic) bond motifs is 1. The van der Waals surface area contributed by atoms with Crippen molar-refractivity contribution in [2.75, 3.05) is 20.3 Å². The highest BCUT2D eigenvalue weighted by Crippen LogP contribution is 2.37. The maximum atomic E-state index is 13.6. The molecule has 0 amide bonds. The molecule has 8 nitrogen and oxygen atoms in total. The lowest BCUT2D eigenvalue weighted by Gasteiger charge is -2.24. The lowest BCUT2D eigenvalue weighted by molar-refractivity contribution is -0.274. The first kappa shape index (κ1) is 31.2. The van der Waals surface area contributed by atoms with E-state index >= 15 is 0 Å². The van der Waals surface area contributed by atoms with E-state index in [1.54, 1.807) is 50.2 Å². The predicted molar refractivity (Wildman–Crippen MR) is 148 cm³/mol. The summed E-state index contributed by atoms with van der Waals surface area (Å²) in [6.07, 6.45) is -5.54. The number of nitrogens with zero attached hydrogens (tertiary/aromatic N) is 1. The molecule has 0 N–H and O–H groups in total. The number of halogens is 3. The largest absolute Gasteiger partial charge is 0.573 e. The Morgan fingerprint density at radius 1 is 1.07 bits per heavy atom. The molecule has 1 aliphatic rings. The molecule has 42 heavy (non-hydrogen) atoms. The van der Waals surface area contributed by atoms with E-state index in [1.165, 1.54) is 29.6 Å². The fraction of sp³-hybridized carbons (Fsp3) is 0.367. The molecule has 2 atom stereocenters. The number of rotatable bonds is 9. The average Bonchev–Trinajstić information content (AvgIpc) is 3.00. The van der Waals surface area contributed by atoms with Crippen molar-refractivity contribution >= 4 is 16.0 Å². The third kappa shape index (κ3) is 7.35. The van der Waals surface area contributed by atoms with Gasteiger partial charge in [0.1, 0.15) is 28.2 Å². The van der Waals surface area contributed by atoms with Crippen LogP contribution in [0, 0.1) is 6.92 Å². The molecule has 3 aromatic carbocycles. The lowest BCUT2D eigenvalue weighted by Crippen LogP contribution is -2.35. The van der Waals surface area contributed by atoms with Crippen LogP contribution in [-0.4, -0.2) is 51.4 Å². The summed E-state index contributed by atoms with van der Waals surface area (Å²) in [6, 6.07) is 15.6. The van der Waals surface area contributed by atoms with E-state index in [1.807, 2.05) is 6.92 Å². The number of carbonyl (C=O) groups is 1. The summed E-state index contributed by atoms with van der Waals surface area (Å²) < 4.78 is 88.2. The second-order valence-electron chi connectivity index (χ2n) is 9.91. The van der Waals surface area contributed by atoms with Crippen molar-refractivity contribution in [3.8, 4) is 17.2 Å². The molecule has 0 fully saturated rings. The zero-order valence-corrected chi connectivity index (χ0v) is 24.4. The van der Waals surface area contributed by atoms with Crippen LogP contribution in [0.4, 0.5) is 13.2 Å². The molecule has 0 saturated heterocycles. The van der Waals surface area contributed by atoms with Crippen molar-refractivity contribution in [2.45, 2.75) is 57.0 Å². The van der Waals surface area contributed by atoms with Gasteiger partial charge in [-0.2, -0.15) is 4.31 Å². The molecule has 0 aliphatic carbocycles. The van der Waals surface area contributed by atoms with Crippen molar-refractivity contribution in [3.63, 3.8) is 0 Å². The number of alkyl halides is 3. The topological polar surface area (TPSA) is 91.4 Å². The Bertz CT molecular complexity index is 1540. The molecule has 0 radical (unpaired) electrons. The third-order valence-electron chi connectivity index (χ3n) is 6.83. The number of hydrogen-bond acceptors (Lipinski definition) is 7. The van der Waals surface area contributed by atoms with Gasteiger partial charge in [0.2, 0.25) is 10.0 Å². The van der Waals surface area contributed by atoms with E-state index in [2.05, 4.69) is 4.74 Å². The van der Waals surface area contributed by atoms with E-state index in [-0.39, 0.29) is 42.5 Å². The smallest absolute Gasteiger partial charge is 0.497 e. The number of hydrogen-bond donors (Lipinski definition) is 0. The SMILES string of the molecule is CCOC(=O)CC(c1cc(OC)cc(OC(F)(F)F)c1)c1ccc(C)c(CN2C[C@@H](C)Oc3ccccc3S2(=O)=O)c1. The van der Waals surface area contributed by atoms with E-state index in [0.717, 1.165) is 11.6 Å². The van der Waals surface area contributed by atoms with Crippen LogP contribution in [0.5, 0.6) is 17.2 Å². The van der Waals surface area contributed by atoms with Crippen molar-refractivity contribution in [3.05, 3.63) is 82.9 Å². The predicted octanol–water partition coefficient (Wildman–Crippen LogP) is 5.96. The van der Waals surface area contributed by atoms with Crippen LogP contribution in [0.3, 0.4) is 0 Å². The number of benzene rings is 3. The molecule has 0 aromatic heterocycles. The molecule has 1 heterocycles. The van der Waals surface area contributed by atoms with Gasteiger partial charge in [-0.15, -0.1) is 13.2 Å². The highest BCUT2D eigenvalue weighted by molar-refractivity contribution is 7.89. The van der Waals surface area contributed by atoms with E-state index < -0.39 is 40.1 Å². The summed E-state index contributed by atoms with van der Waals surface area (Å²) in [5, 5.41) is 0. The van der Waals surface area contributed by atoms with Crippen molar-refractivity contribution in [1.82, 2.24) is 4.31 Å². The van der Waals surface area contributed by atoms with Crippen molar-refractivity contribution < 1.29 is 45.3 Å². The van der Waals surface area contributed by atoms with E-state index in [0.29, 0.717) is 16.7 Å². The van der Waals surface area contributed by atoms with Gasteiger partial charge in [-0.3, -0.25) is 4.79 Å². The van der Waals surface area contributed by atoms with Crippen molar-refractivity contribution in [2.24, 2.45) is 0 Å². The van der Waals surface area contributed by atoms with Crippen LogP contribution in [0.15, 0.2) is 65.6 Å². The highest BCUT2D eigenvalue weighted by Gasteiger charge is 2.34. The number of sulfonamides is 1. The fourth-order valence-corrected chi connectivity index (χ4v) is 6.49. The molecule has 1 unspecified atom stereocenters. The summed E-state index contributed by atoms with van der Waals surface area (Å²) in [6.45, 7) is 5.50. The van der Waals surface area contributed by atoms with Gasteiger partial charge in [0, 0.05) is 18.5 Å². The van der Waals surface area contributed by atoms with Crippen LogP contribution >= 0.6 is 0 Å². The van der Waals surface area contributed by atoms with Gasteiger partial charge in [-0.1, -0.05) is 30.3 Å². The van der Waals surface area contributed by atoms with Gasteiger partial charge in [0.15, 0.2) is 0 Å². The summed E-state index contributed by atoms with van der Waals surface area (Å²) >= 11 is 0. The minimum Gasteiger partial charge on any atom is -0.497 e. The Hall–Kier alpha value is -3.77. The molecular formula is C30H32F3NO7S. The molecule has 226 valence electrons. The quantitative estimate of drug-likeness (QED) is 0.277. The maximum absolute atomic E-state index is 13.6. The number of para-hydroxylation sites is 1. The van der Waals surface area contributed by atoms with Crippen LogP contribution in [0.1, 0.15) is 48.4 Å². The fourth-order valence-electron chi connectivity index (χ4n) is 4.88. The van der Waals surface area contributed by atoms with Crippen LogP contribution in [0.2, 0.25) is 0 Å². The second-order valence-corrected chi connectivity index (χ2v) is 11.8. The Labute approximate surface area is 243 Å². The minimum absolute atomic E-state index is 0.0106.